The van der Waals surface area contributed by atoms with Gasteiger partial charge in [-0.15, -0.1) is 0 Å². The number of nitrogens with zero attached hydrogens (tertiary/aromatic N) is 2. The van der Waals surface area contributed by atoms with E-state index in [2.05, 4.69) is 19.2 Å². The third-order valence-electron chi connectivity index (χ3n) is 2.83. The number of carbonyl (C=O) groups excluding carboxylic acids is 2. The van der Waals surface area contributed by atoms with Crippen molar-refractivity contribution in [2.24, 2.45) is 11.7 Å². The molecule has 0 bridgehead atoms. The van der Waals surface area contributed by atoms with E-state index >= 15 is 0 Å². The second-order valence-electron chi connectivity index (χ2n) is 5.16. The average molecular weight is 256 g/mol. The Labute approximate surface area is 108 Å². The molecule has 6 heteroatoms. The van der Waals surface area contributed by atoms with Crippen molar-refractivity contribution in [3.8, 4) is 0 Å². The Kier molecular flexibility index (Phi) is 6.07. The molecule has 1 heterocycles. The van der Waals surface area contributed by atoms with Gasteiger partial charge in [-0.25, -0.2) is 0 Å². The molecule has 0 aliphatic carbocycles. The Balaban J connectivity index is 2.47. The van der Waals surface area contributed by atoms with E-state index in [1.165, 1.54) is 0 Å². The van der Waals surface area contributed by atoms with Gasteiger partial charge < -0.3 is 16.0 Å². The summed E-state index contributed by atoms with van der Waals surface area (Å²) in [7, 11) is 0. The molecule has 1 rings (SSSR count). The van der Waals surface area contributed by atoms with Gasteiger partial charge >= 0.3 is 0 Å². The fourth-order valence-electron chi connectivity index (χ4n) is 2.13. The number of nitrogens with two attached hydrogens (primary N) is 1. The molecule has 0 aromatic carbocycles. The van der Waals surface area contributed by atoms with E-state index in [-0.39, 0.29) is 24.9 Å². The summed E-state index contributed by atoms with van der Waals surface area (Å²) in [6.07, 6.45) is 0. The zero-order chi connectivity index (χ0) is 13.5. The summed E-state index contributed by atoms with van der Waals surface area (Å²) in [4.78, 5) is 26.7. The molecule has 0 aromatic rings. The molecule has 0 radical (unpaired) electrons. The van der Waals surface area contributed by atoms with Gasteiger partial charge in [-0.2, -0.15) is 0 Å². The second kappa shape index (κ2) is 7.33. The largest absolute Gasteiger partial charge is 0.369 e. The monoisotopic (exact) mass is 256 g/mol. The molecule has 0 unspecified atom stereocenters. The number of amides is 2. The lowest BCUT2D eigenvalue weighted by atomic mass is 10.2. The summed E-state index contributed by atoms with van der Waals surface area (Å²) in [5.74, 6) is 0.0994. The summed E-state index contributed by atoms with van der Waals surface area (Å²) >= 11 is 0. The molecule has 0 aromatic heterocycles. The van der Waals surface area contributed by atoms with Crippen LogP contribution >= 0.6 is 0 Å². The van der Waals surface area contributed by atoms with Gasteiger partial charge in [0.1, 0.15) is 0 Å². The van der Waals surface area contributed by atoms with Crippen LogP contribution in [0.3, 0.4) is 0 Å². The first-order chi connectivity index (χ1) is 8.49. The van der Waals surface area contributed by atoms with Crippen molar-refractivity contribution in [2.75, 3.05) is 45.8 Å². The van der Waals surface area contributed by atoms with Crippen LogP contribution in [-0.2, 0) is 9.59 Å². The van der Waals surface area contributed by atoms with E-state index in [9.17, 15) is 9.59 Å². The summed E-state index contributed by atoms with van der Waals surface area (Å²) in [5, 5.41) is 3.21. The van der Waals surface area contributed by atoms with Crippen LogP contribution in [0, 0.1) is 5.92 Å². The Morgan fingerprint density at radius 2 is 1.89 bits per heavy atom. The van der Waals surface area contributed by atoms with Gasteiger partial charge in [-0.1, -0.05) is 13.8 Å². The fourth-order valence-corrected chi connectivity index (χ4v) is 2.13. The predicted octanol–water partition coefficient (Wildman–Crippen LogP) is -1.14. The van der Waals surface area contributed by atoms with E-state index in [0.29, 0.717) is 12.5 Å². The van der Waals surface area contributed by atoms with Crippen LogP contribution in [0.5, 0.6) is 0 Å². The van der Waals surface area contributed by atoms with E-state index in [4.69, 9.17) is 5.73 Å². The van der Waals surface area contributed by atoms with Crippen molar-refractivity contribution in [1.82, 2.24) is 15.1 Å². The minimum absolute atomic E-state index is 0.0819. The van der Waals surface area contributed by atoms with E-state index in [1.54, 1.807) is 0 Å². The Hall–Kier alpha value is -1.14. The van der Waals surface area contributed by atoms with Gasteiger partial charge in [0.15, 0.2) is 0 Å². The molecule has 18 heavy (non-hydrogen) atoms. The van der Waals surface area contributed by atoms with Gasteiger partial charge in [0.25, 0.3) is 0 Å². The lowest BCUT2D eigenvalue weighted by Crippen LogP contribution is -2.50. The maximum Gasteiger partial charge on any atom is 0.236 e. The zero-order valence-electron chi connectivity index (χ0n) is 11.3. The SMILES string of the molecule is CC(C)CN(CC(N)=O)CC(=O)N1CCNCC1. The number of hydrogen-bond donors (Lipinski definition) is 2. The normalized spacial score (nSPS) is 16.3. The Morgan fingerprint density at radius 3 is 2.39 bits per heavy atom. The van der Waals surface area contributed by atoms with Crippen LogP contribution in [0.2, 0.25) is 0 Å². The van der Waals surface area contributed by atoms with Crippen LogP contribution in [0.25, 0.3) is 0 Å². The number of rotatable bonds is 6. The molecule has 3 N–H and O–H groups in total. The summed E-state index contributed by atoms with van der Waals surface area (Å²) in [6.45, 7) is 8.41. The first kappa shape index (κ1) is 14.9. The van der Waals surface area contributed by atoms with Crippen molar-refractivity contribution < 1.29 is 9.59 Å². The molecule has 0 spiro atoms. The van der Waals surface area contributed by atoms with E-state index in [1.807, 2.05) is 9.80 Å². The van der Waals surface area contributed by atoms with Crippen LogP contribution in [-0.4, -0.2) is 67.4 Å². The van der Waals surface area contributed by atoms with Gasteiger partial charge in [0.2, 0.25) is 11.8 Å². The second-order valence-corrected chi connectivity index (χ2v) is 5.16. The van der Waals surface area contributed by atoms with Crippen LogP contribution in [0.4, 0.5) is 0 Å². The molecule has 1 aliphatic rings. The predicted molar refractivity (Wildman–Crippen MR) is 69.9 cm³/mol. The lowest BCUT2D eigenvalue weighted by Gasteiger charge is -2.30. The van der Waals surface area contributed by atoms with Gasteiger partial charge in [-0.3, -0.25) is 14.5 Å². The minimum atomic E-state index is -0.385. The van der Waals surface area contributed by atoms with Crippen molar-refractivity contribution in [3.63, 3.8) is 0 Å². The highest BCUT2D eigenvalue weighted by Gasteiger charge is 2.20. The zero-order valence-corrected chi connectivity index (χ0v) is 11.3. The standard InChI is InChI=1S/C12H24N4O2/c1-10(2)7-15(8-11(13)17)9-12(18)16-5-3-14-4-6-16/h10,14H,3-9H2,1-2H3,(H2,13,17). The highest BCUT2D eigenvalue weighted by molar-refractivity contribution is 5.80. The van der Waals surface area contributed by atoms with E-state index < -0.39 is 0 Å². The molecule has 1 aliphatic heterocycles. The number of primary amides is 1. The number of nitrogens with one attached hydrogen (secondary N) is 1. The van der Waals surface area contributed by atoms with Gasteiger partial charge in [0.05, 0.1) is 13.1 Å². The highest BCUT2D eigenvalue weighted by atomic mass is 16.2. The molecular weight excluding hydrogens is 232 g/mol. The number of piperazine rings is 1. The third-order valence-corrected chi connectivity index (χ3v) is 2.83. The van der Waals surface area contributed by atoms with Crippen molar-refractivity contribution in [1.29, 1.82) is 0 Å². The number of carbonyl (C=O) groups is 2. The van der Waals surface area contributed by atoms with Crippen molar-refractivity contribution in [3.05, 3.63) is 0 Å². The topological polar surface area (TPSA) is 78.7 Å². The minimum Gasteiger partial charge on any atom is -0.369 e. The summed E-state index contributed by atoms with van der Waals surface area (Å²) in [5.41, 5.74) is 5.21. The molecule has 0 atom stereocenters. The van der Waals surface area contributed by atoms with Crippen LogP contribution in [0.15, 0.2) is 0 Å². The Morgan fingerprint density at radius 1 is 1.28 bits per heavy atom. The van der Waals surface area contributed by atoms with Gasteiger partial charge in [0, 0.05) is 32.7 Å². The Bertz CT molecular complexity index is 288. The maximum atomic E-state index is 12.1. The van der Waals surface area contributed by atoms with Gasteiger partial charge in [-0.05, 0) is 5.92 Å². The lowest BCUT2D eigenvalue weighted by molar-refractivity contribution is -0.133. The average Bonchev–Trinajstić information content (AvgIpc) is 2.28. The molecule has 2 amide bonds. The first-order valence-electron chi connectivity index (χ1n) is 6.48. The molecule has 104 valence electrons. The van der Waals surface area contributed by atoms with E-state index in [0.717, 1.165) is 26.2 Å². The third kappa shape index (κ3) is 5.46. The first-order valence-corrected chi connectivity index (χ1v) is 6.48. The van der Waals surface area contributed by atoms with Crippen molar-refractivity contribution in [2.45, 2.75) is 13.8 Å². The molecular formula is C12H24N4O2. The smallest absolute Gasteiger partial charge is 0.236 e. The van der Waals surface area contributed by atoms with Crippen LogP contribution < -0.4 is 11.1 Å². The number of hydrogen-bond acceptors (Lipinski definition) is 4. The molecule has 1 saturated heterocycles. The molecule has 1 fully saturated rings. The summed E-state index contributed by atoms with van der Waals surface area (Å²) in [6, 6.07) is 0. The van der Waals surface area contributed by atoms with Crippen molar-refractivity contribution >= 4 is 11.8 Å². The molecule has 6 nitrogen and oxygen atoms in total. The highest BCUT2D eigenvalue weighted by Crippen LogP contribution is 2.01. The summed E-state index contributed by atoms with van der Waals surface area (Å²) < 4.78 is 0. The molecule has 0 saturated carbocycles. The van der Waals surface area contributed by atoms with Crippen LogP contribution in [0.1, 0.15) is 13.8 Å². The maximum absolute atomic E-state index is 12.1. The quantitative estimate of drug-likeness (QED) is 0.630. The fraction of sp³-hybridized carbons (Fsp3) is 0.833.